The predicted molar refractivity (Wildman–Crippen MR) is 98.8 cm³/mol. The number of benzene rings is 2. The molecule has 1 aromatic heterocycles. The zero-order valence-corrected chi connectivity index (χ0v) is 14.5. The Morgan fingerprint density at radius 1 is 1.12 bits per heavy atom. The lowest BCUT2D eigenvalue weighted by atomic mass is 10.1. The van der Waals surface area contributed by atoms with Gasteiger partial charge in [0.05, 0.1) is 11.4 Å². The largest absolute Gasteiger partial charge is 0.325 e. The van der Waals surface area contributed by atoms with E-state index in [0.29, 0.717) is 5.75 Å². The third-order valence-electron chi connectivity index (χ3n) is 3.83. The molecule has 3 aromatic rings. The molecule has 0 unspecified atom stereocenters. The lowest BCUT2D eigenvalue weighted by Crippen LogP contribution is -2.14. The van der Waals surface area contributed by atoms with Gasteiger partial charge in [-0.3, -0.25) is 9.36 Å². The quantitative estimate of drug-likeness (QED) is 0.709. The SMILES string of the molecule is Cc1cccc(-n2ccnc2SCC(=O)Nc2ccccc2)c1C. The van der Waals surface area contributed by atoms with Crippen molar-refractivity contribution in [2.75, 3.05) is 11.1 Å². The first-order chi connectivity index (χ1) is 11.6. The number of nitrogens with zero attached hydrogens (tertiary/aromatic N) is 2. The van der Waals surface area contributed by atoms with E-state index in [2.05, 4.69) is 36.3 Å². The second-order valence-corrected chi connectivity index (χ2v) is 6.44. The topological polar surface area (TPSA) is 46.9 Å². The summed E-state index contributed by atoms with van der Waals surface area (Å²) < 4.78 is 2.03. The standard InChI is InChI=1S/C19H19N3OS/c1-14-7-6-10-17(15(14)2)22-12-11-20-19(22)24-13-18(23)21-16-8-4-3-5-9-16/h3-12H,13H2,1-2H3,(H,21,23). The highest BCUT2D eigenvalue weighted by Crippen LogP contribution is 2.24. The first kappa shape index (κ1) is 16.3. The predicted octanol–water partition coefficient (Wildman–Crippen LogP) is 4.22. The number of carbonyl (C=O) groups is 1. The second-order valence-electron chi connectivity index (χ2n) is 5.50. The number of hydrogen-bond donors (Lipinski definition) is 1. The smallest absolute Gasteiger partial charge is 0.234 e. The minimum absolute atomic E-state index is 0.0401. The summed E-state index contributed by atoms with van der Waals surface area (Å²) in [6.45, 7) is 4.19. The number of amides is 1. The number of rotatable bonds is 5. The van der Waals surface area contributed by atoms with Crippen molar-refractivity contribution in [3.05, 3.63) is 72.1 Å². The van der Waals surface area contributed by atoms with E-state index in [1.807, 2.05) is 47.2 Å². The number of carbonyl (C=O) groups excluding carboxylic acids is 1. The molecule has 1 N–H and O–H groups in total. The molecule has 0 radical (unpaired) electrons. The fourth-order valence-electron chi connectivity index (χ4n) is 2.43. The monoisotopic (exact) mass is 337 g/mol. The Balaban J connectivity index is 1.70. The highest BCUT2D eigenvalue weighted by molar-refractivity contribution is 7.99. The molecule has 0 spiro atoms. The fourth-order valence-corrected chi connectivity index (χ4v) is 3.19. The van der Waals surface area contributed by atoms with Gasteiger partial charge in [-0.15, -0.1) is 0 Å². The summed E-state index contributed by atoms with van der Waals surface area (Å²) in [5.41, 5.74) is 4.35. The summed E-state index contributed by atoms with van der Waals surface area (Å²) in [5.74, 6) is 0.276. The summed E-state index contributed by atoms with van der Waals surface area (Å²) in [6.07, 6.45) is 3.69. The summed E-state index contributed by atoms with van der Waals surface area (Å²) >= 11 is 1.43. The molecule has 0 bridgehead atoms. The van der Waals surface area contributed by atoms with Gasteiger partial charge in [0, 0.05) is 18.1 Å². The van der Waals surface area contributed by atoms with E-state index >= 15 is 0 Å². The minimum atomic E-state index is -0.0401. The molecule has 0 saturated heterocycles. The van der Waals surface area contributed by atoms with Crippen LogP contribution in [0.15, 0.2) is 66.1 Å². The first-order valence-electron chi connectivity index (χ1n) is 7.73. The molecule has 1 amide bonds. The number of nitrogens with one attached hydrogen (secondary N) is 1. The average Bonchev–Trinajstić information content (AvgIpc) is 3.05. The maximum Gasteiger partial charge on any atom is 0.234 e. The highest BCUT2D eigenvalue weighted by atomic mass is 32.2. The number of hydrogen-bond acceptors (Lipinski definition) is 3. The molecule has 0 aliphatic heterocycles. The Morgan fingerprint density at radius 2 is 1.92 bits per heavy atom. The van der Waals surface area contributed by atoms with E-state index in [0.717, 1.165) is 16.5 Å². The second kappa shape index (κ2) is 7.36. The molecule has 4 nitrogen and oxygen atoms in total. The minimum Gasteiger partial charge on any atom is -0.325 e. The van der Waals surface area contributed by atoms with Crippen LogP contribution in [0.25, 0.3) is 5.69 Å². The summed E-state index contributed by atoms with van der Waals surface area (Å²) in [5, 5.41) is 3.70. The van der Waals surface area contributed by atoms with Crippen molar-refractivity contribution in [3.8, 4) is 5.69 Å². The Kier molecular flexibility index (Phi) is 5.01. The molecule has 24 heavy (non-hydrogen) atoms. The third-order valence-corrected chi connectivity index (χ3v) is 4.80. The molecule has 2 aromatic carbocycles. The molecular formula is C19H19N3OS. The van der Waals surface area contributed by atoms with Crippen molar-refractivity contribution in [2.24, 2.45) is 0 Å². The Hall–Kier alpha value is -2.53. The van der Waals surface area contributed by atoms with Crippen molar-refractivity contribution in [3.63, 3.8) is 0 Å². The van der Waals surface area contributed by atoms with Crippen LogP contribution in [0.3, 0.4) is 0 Å². The number of aromatic nitrogens is 2. The van der Waals surface area contributed by atoms with Crippen LogP contribution < -0.4 is 5.32 Å². The van der Waals surface area contributed by atoms with Gasteiger partial charge in [-0.05, 0) is 43.2 Å². The van der Waals surface area contributed by atoms with Crippen molar-refractivity contribution >= 4 is 23.4 Å². The van der Waals surface area contributed by atoms with Gasteiger partial charge in [0.15, 0.2) is 5.16 Å². The van der Waals surface area contributed by atoms with Gasteiger partial charge in [-0.1, -0.05) is 42.1 Å². The van der Waals surface area contributed by atoms with Crippen molar-refractivity contribution < 1.29 is 4.79 Å². The van der Waals surface area contributed by atoms with Crippen LogP contribution in [0.2, 0.25) is 0 Å². The zero-order valence-electron chi connectivity index (χ0n) is 13.7. The van der Waals surface area contributed by atoms with E-state index in [4.69, 9.17) is 0 Å². The molecule has 5 heteroatoms. The number of aryl methyl sites for hydroxylation is 1. The highest BCUT2D eigenvalue weighted by Gasteiger charge is 2.11. The molecule has 0 saturated carbocycles. The molecular weight excluding hydrogens is 318 g/mol. The number of imidazole rings is 1. The lowest BCUT2D eigenvalue weighted by Gasteiger charge is -2.12. The molecule has 0 atom stereocenters. The van der Waals surface area contributed by atoms with Crippen LogP contribution in [0, 0.1) is 13.8 Å². The van der Waals surface area contributed by atoms with E-state index < -0.39 is 0 Å². The van der Waals surface area contributed by atoms with Gasteiger partial charge in [-0.2, -0.15) is 0 Å². The summed E-state index contributed by atoms with van der Waals surface area (Å²) in [7, 11) is 0. The van der Waals surface area contributed by atoms with Gasteiger partial charge in [0.1, 0.15) is 0 Å². The van der Waals surface area contributed by atoms with Crippen molar-refractivity contribution in [2.45, 2.75) is 19.0 Å². The molecule has 1 heterocycles. The maximum absolute atomic E-state index is 12.1. The number of para-hydroxylation sites is 1. The van der Waals surface area contributed by atoms with E-state index in [1.54, 1.807) is 6.20 Å². The Bertz CT molecular complexity index is 843. The van der Waals surface area contributed by atoms with Crippen LogP contribution in [0.5, 0.6) is 0 Å². The van der Waals surface area contributed by atoms with Crippen LogP contribution in [0.1, 0.15) is 11.1 Å². The van der Waals surface area contributed by atoms with Crippen molar-refractivity contribution in [1.82, 2.24) is 9.55 Å². The molecule has 3 rings (SSSR count). The van der Waals surface area contributed by atoms with Crippen LogP contribution in [-0.2, 0) is 4.79 Å². The lowest BCUT2D eigenvalue weighted by molar-refractivity contribution is -0.113. The fraction of sp³-hybridized carbons (Fsp3) is 0.158. The number of thioether (sulfide) groups is 1. The molecule has 0 fully saturated rings. The Labute approximate surface area is 145 Å². The van der Waals surface area contributed by atoms with Crippen LogP contribution >= 0.6 is 11.8 Å². The van der Waals surface area contributed by atoms with Crippen LogP contribution in [-0.4, -0.2) is 21.2 Å². The van der Waals surface area contributed by atoms with E-state index in [9.17, 15) is 4.79 Å². The normalized spacial score (nSPS) is 10.6. The zero-order chi connectivity index (χ0) is 16.9. The van der Waals surface area contributed by atoms with Gasteiger partial charge in [-0.25, -0.2) is 4.98 Å². The van der Waals surface area contributed by atoms with Crippen LogP contribution in [0.4, 0.5) is 5.69 Å². The van der Waals surface area contributed by atoms with Gasteiger partial charge in [0.25, 0.3) is 0 Å². The van der Waals surface area contributed by atoms with Gasteiger partial charge < -0.3 is 5.32 Å². The first-order valence-corrected chi connectivity index (χ1v) is 8.71. The summed E-state index contributed by atoms with van der Waals surface area (Å²) in [6, 6.07) is 15.7. The molecule has 122 valence electrons. The Morgan fingerprint density at radius 3 is 2.71 bits per heavy atom. The summed E-state index contributed by atoms with van der Waals surface area (Å²) in [4.78, 5) is 16.5. The van der Waals surface area contributed by atoms with Gasteiger partial charge in [0.2, 0.25) is 5.91 Å². The third kappa shape index (κ3) is 3.68. The maximum atomic E-state index is 12.1. The van der Waals surface area contributed by atoms with Crippen molar-refractivity contribution in [1.29, 1.82) is 0 Å². The molecule has 0 aliphatic carbocycles. The van der Waals surface area contributed by atoms with E-state index in [-0.39, 0.29) is 5.91 Å². The number of anilines is 1. The van der Waals surface area contributed by atoms with Gasteiger partial charge >= 0.3 is 0 Å². The molecule has 0 aliphatic rings. The average molecular weight is 337 g/mol. The van der Waals surface area contributed by atoms with E-state index in [1.165, 1.54) is 22.9 Å².